The van der Waals surface area contributed by atoms with E-state index in [-0.39, 0.29) is 11.8 Å². The number of ether oxygens (including phenoxy) is 1. The Morgan fingerprint density at radius 1 is 1.38 bits per heavy atom. The second kappa shape index (κ2) is 8.82. The molecular weight excluding hydrogens is 308 g/mol. The minimum absolute atomic E-state index is 0.0926. The monoisotopic (exact) mass is 336 g/mol. The van der Waals surface area contributed by atoms with Gasteiger partial charge < -0.3 is 19.5 Å². The van der Waals surface area contributed by atoms with Crippen molar-refractivity contribution < 1.29 is 14.3 Å². The number of hydrogen-bond donors (Lipinski definition) is 1. The molecule has 2 heterocycles. The summed E-state index contributed by atoms with van der Waals surface area (Å²) < 4.78 is 6.86. The molecule has 7 nitrogen and oxygen atoms in total. The Labute approximate surface area is 143 Å². The molecule has 0 aliphatic carbocycles. The summed E-state index contributed by atoms with van der Waals surface area (Å²) in [4.78, 5) is 31.2. The number of aromatic nitrogens is 2. The molecule has 24 heavy (non-hydrogen) atoms. The van der Waals surface area contributed by atoms with Gasteiger partial charge in [0.1, 0.15) is 5.69 Å². The topological polar surface area (TPSA) is 76.5 Å². The van der Waals surface area contributed by atoms with Crippen molar-refractivity contribution in [1.29, 1.82) is 0 Å². The molecule has 1 aromatic rings. The lowest BCUT2D eigenvalue weighted by Gasteiger charge is -2.19. The van der Waals surface area contributed by atoms with Crippen molar-refractivity contribution in [2.24, 2.45) is 0 Å². The van der Waals surface area contributed by atoms with Gasteiger partial charge in [0.15, 0.2) is 5.82 Å². The van der Waals surface area contributed by atoms with Gasteiger partial charge >= 0.3 is 0 Å². The SMILES string of the molecule is CCCCN(C)C(=O)c1nc(C(=O)NCCOC)n2c1CCCC2. The minimum atomic E-state index is -0.245. The lowest BCUT2D eigenvalue weighted by atomic mass is 10.1. The number of nitrogens with one attached hydrogen (secondary N) is 1. The van der Waals surface area contributed by atoms with Crippen molar-refractivity contribution in [3.63, 3.8) is 0 Å². The summed E-state index contributed by atoms with van der Waals surface area (Å²) >= 11 is 0. The third-order valence-corrected chi connectivity index (χ3v) is 4.31. The molecule has 0 saturated carbocycles. The molecule has 0 spiro atoms. The molecule has 1 aliphatic rings. The fourth-order valence-electron chi connectivity index (χ4n) is 2.91. The predicted octanol–water partition coefficient (Wildman–Crippen LogP) is 1.47. The molecule has 7 heteroatoms. The molecule has 2 rings (SSSR count). The number of fused-ring (bicyclic) bond motifs is 1. The van der Waals surface area contributed by atoms with Crippen molar-refractivity contribution in [2.45, 2.75) is 45.6 Å². The highest BCUT2D eigenvalue weighted by Crippen LogP contribution is 2.22. The number of imidazole rings is 1. The molecule has 1 aromatic heterocycles. The van der Waals surface area contributed by atoms with Crippen molar-refractivity contribution >= 4 is 11.8 Å². The Morgan fingerprint density at radius 2 is 2.17 bits per heavy atom. The molecule has 0 bridgehead atoms. The molecule has 0 radical (unpaired) electrons. The van der Waals surface area contributed by atoms with Gasteiger partial charge in [0.05, 0.1) is 12.3 Å². The first kappa shape index (κ1) is 18.4. The molecule has 0 saturated heterocycles. The van der Waals surface area contributed by atoms with Crippen molar-refractivity contribution in [3.05, 3.63) is 17.2 Å². The van der Waals surface area contributed by atoms with Gasteiger partial charge in [0.2, 0.25) is 0 Å². The van der Waals surface area contributed by atoms with E-state index in [4.69, 9.17) is 4.74 Å². The Kier molecular flexibility index (Phi) is 6.78. The van der Waals surface area contributed by atoms with Gasteiger partial charge in [-0.15, -0.1) is 0 Å². The molecule has 0 atom stereocenters. The van der Waals surface area contributed by atoms with Crippen LogP contribution in [0.15, 0.2) is 0 Å². The van der Waals surface area contributed by atoms with Crippen LogP contribution in [0.2, 0.25) is 0 Å². The van der Waals surface area contributed by atoms with Gasteiger partial charge in [0, 0.05) is 33.8 Å². The van der Waals surface area contributed by atoms with Crippen LogP contribution in [0.25, 0.3) is 0 Å². The second-order valence-corrected chi connectivity index (χ2v) is 6.17. The zero-order valence-electron chi connectivity index (χ0n) is 14.9. The van der Waals surface area contributed by atoms with E-state index in [1.54, 1.807) is 19.1 Å². The second-order valence-electron chi connectivity index (χ2n) is 6.17. The van der Waals surface area contributed by atoms with E-state index < -0.39 is 0 Å². The van der Waals surface area contributed by atoms with Crippen LogP contribution in [0.1, 0.15) is 59.4 Å². The lowest BCUT2D eigenvalue weighted by Crippen LogP contribution is -2.30. The van der Waals surface area contributed by atoms with Gasteiger partial charge in [-0.05, 0) is 25.7 Å². The number of amides is 2. The first-order valence-corrected chi connectivity index (χ1v) is 8.72. The average molecular weight is 336 g/mol. The number of carbonyl (C=O) groups excluding carboxylic acids is 2. The third kappa shape index (κ3) is 4.14. The zero-order chi connectivity index (χ0) is 17.5. The quantitative estimate of drug-likeness (QED) is 0.729. The molecule has 0 aromatic carbocycles. The van der Waals surface area contributed by atoms with Crippen LogP contribution in [-0.4, -0.2) is 60.1 Å². The summed E-state index contributed by atoms with van der Waals surface area (Å²) in [5.74, 6) is 0.00328. The van der Waals surface area contributed by atoms with Gasteiger partial charge in [-0.1, -0.05) is 13.3 Å². The molecule has 1 aliphatic heterocycles. The smallest absolute Gasteiger partial charge is 0.287 e. The van der Waals surface area contributed by atoms with Crippen LogP contribution in [0.4, 0.5) is 0 Å². The van der Waals surface area contributed by atoms with E-state index in [0.29, 0.717) is 31.2 Å². The number of rotatable bonds is 8. The van der Waals surface area contributed by atoms with Crippen LogP contribution in [-0.2, 0) is 17.7 Å². The molecular formula is C17H28N4O3. The lowest BCUT2D eigenvalue weighted by molar-refractivity contribution is 0.0786. The summed E-state index contributed by atoms with van der Waals surface area (Å²) in [5.41, 5.74) is 1.33. The van der Waals surface area contributed by atoms with Crippen molar-refractivity contribution in [3.8, 4) is 0 Å². The normalized spacial score (nSPS) is 13.5. The fraction of sp³-hybridized carbons (Fsp3) is 0.706. The highest BCUT2D eigenvalue weighted by Gasteiger charge is 2.28. The first-order valence-electron chi connectivity index (χ1n) is 8.72. The minimum Gasteiger partial charge on any atom is -0.383 e. The average Bonchev–Trinajstić information content (AvgIpc) is 2.99. The molecule has 2 amide bonds. The number of hydrogen-bond acceptors (Lipinski definition) is 4. The van der Waals surface area contributed by atoms with Crippen LogP contribution in [0.5, 0.6) is 0 Å². The van der Waals surface area contributed by atoms with Gasteiger partial charge in [-0.3, -0.25) is 9.59 Å². The summed E-state index contributed by atoms with van der Waals surface area (Å²) in [6, 6.07) is 0. The fourth-order valence-corrected chi connectivity index (χ4v) is 2.91. The standard InChI is InChI=1S/C17H28N4O3/c1-4-5-10-20(2)17(23)14-13-8-6-7-11-21(13)15(19-14)16(22)18-9-12-24-3/h4-12H2,1-3H3,(H,18,22). The maximum Gasteiger partial charge on any atom is 0.287 e. The maximum absolute atomic E-state index is 12.7. The Balaban J connectivity index is 2.22. The number of unbranched alkanes of at least 4 members (excludes halogenated alkanes) is 1. The Bertz CT molecular complexity index is 583. The number of methoxy groups -OCH3 is 1. The first-order chi connectivity index (χ1) is 11.6. The van der Waals surface area contributed by atoms with Gasteiger partial charge in [-0.2, -0.15) is 0 Å². The van der Waals surface area contributed by atoms with E-state index in [1.807, 2.05) is 4.57 Å². The van der Waals surface area contributed by atoms with Crippen LogP contribution in [0, 0.1) is 0 Å². The summed E-state index contributed by atoms with van der Waals surface area (Å²) in [7, 11) is 3.39. The van der Waals surface area contributed by atoms with Crippen molar-refractivity contribution in [2.75, 3.05) is 33.9 Å². The van der Waals surface area contributed by atoms with Crippen LogP contribution < -0.4 is 5.32 Å². The van der Waals surface area contributed by atoms with E-state index in [9.17, 15) is 9.59 Å². The molecule has 0 unspecified atom stereocenters. The number of carbonyl (C=O) groups is 2. The third-order valence-electron chi connectivity index (χ3n) is 4.31. The maximum atomic E-state index is 12.7. The van der Waals surface area contributed by atoms with Crippen molar-refractivity contribution in [1.82, 2.24) is 19.8 Å². The predicted molar refractivity (Wildman–Crippen MR) is 91.2 cm³/mol. The zero-order valence-corrected chi connectivity index (χ0v) is 14.9. The summed E-state index contributed by atoms with van der Waals surface area (Å²) in [6.07, 6.45) is 4.81. The Morgan fingerprint density at radius 3 is 2.88 bits per heavy atom. The highest BCUT2D eigenvalue weighted by atomic mass is 16.5. The molecule has 134 valence electrons. The van der Waals surface area contributed by atoms with Crippen LogP contribution >= 0.6 is 0 Å². The number of nitrogens with zero attached hydrogens (tertiary/aromatic N) is 3. The van der Waals surface area contributed by atoms with Gasteiger partial charge in [0.25, 0.3) is 11.8 Å². The largest absolute Gasteiger partial charge is 0.383 e. The van der Waals surface area contributed by atoms with E-state index in [1.165, 1.54) is 0 Å². The molecule has 1 N–H and O–H groups in total. The summed E-state index contributed by atoms with van der Waals surface area (Å²) in [6.45, 7) is 4.42. The molecule has 0 fully saturated rings. The Hall–Kier alpha value is -1.89. The summed E-state index contributed by atoms with van der Waals surface area (Å²) in [5, 5.41) is 2.79. The van der Waals surface area contributed by atoms with E-state index in [2.05, 4.69) is 17.2 Å². The van der Waals surface area contributed by atoms with E-state index >= 15 is 0 Å². The van der Waals surface area contributed by atoms with Crippen LogP contribution in [0.3, 0.4) is 0 Å². The van der Waals surface area contributed by atoms with E-state index in [0.717, 1.165) is 44.3 Å². The highest BCUT2D eigenvalue weighted by molar-refractivity contribution is 5.97. The van der Waals surface area contributed by atoms with Gasteiger partial charge in [-0.25, -0.2) is 4.98 Å².